The number of hydrogen-bond acceptors (Lipinski definition) is 3. The molecule has 2 aromatic carbocycles. The highest BCUT2D eigenvalue weighted by molar-refractivity contribution is 6.01. The molecule has 102 valence electrons. The maximum atomic E-state index is 12.3. The first-order chi connectivity index (χ1) is 9.84. The first kappa shape index (κ1) is 12.7. The Morgan fingerprint density at radius 1 is 1.10 bits per heavy atom. The Morgan fingerprint density at radius 2 is 1.95 bits per heavy atom. The van der Waals surface area contributed by atoms with Crippen LogP contribution in [0.4, 0.5) is 5.69 Å². The number of fused-ring (bicyclic) bond motifs is 1. The molecule has 0 fully saturated rings. The van der Waals surface area contributed by atoms with Gasteiger partial charge in [-0.2, -0.15) is 0 Å². The normalized spacial score (nSPS) is 13.2. The zero-order valence-corrected chi connectivity index (χ0v) is 11.3. The third-order valence-corrected chi connectivity index (χ3v) is 3.46. The number of anilines is 1. The summed E-state index contributed by atoms with van der Waals surface area (Å²) in [5.41, 5.74) is 2.78. The summed E-state index contributed by atoms with van der Waals surface area (Å²) >= 11 is 0. The molecule has 1 N–H and O–H groups in total. The van der Waals surface area contributed by atoms with E-state index in [0.29, 0.717) is 12.2 Å². The van der Waals surface area contributed by atoms with Crippen molar-refractivity contribution in [1.29, 1.82) is 0 Å². The van der Waals surface area contributed by atoms with Gasteiger partial charge in [-0.3, -0.25) is 4.79 Å². The number of carbonyl (C=O) groups is 1. The van der Waals surface area contributed by atoms with Gasteiger partial charge >= 0.3 is 0 Å². The Labute approximate surface area is 118 Å². The second-order valence-corrected chi connectivity index (χ2v) is 4.89. The molecule has 0 aromatic heterocycles. The summed E-state index contributed by atoms with van der Waals surface area (Å²) in [5.74, 6) is 0.839. The van der Waals surface area contributed by atoms with Gasteiger partial charge in [0.1, 0.15) is 5.75 Å². The second-order valence-electron chi connectivity index (χ2n) is 4.89. The molecule has 0 saturated heterocycles. The molecule has 1 aliphatic heterocycles. The highest BCUT2D eigenvalue weighted by atomic mass is 16.5. The Balaban J connectivity index is 1.74. The lowest BCUT2D eigenvalue weighted by atomic mass is 10.00. The Hall–Kier alpha value is -2.29. The summed E-state index contributed by atoms with van der Waals surface area (Å²) in [4.78, 5) is 12.3. The topological polar surface area (TPSA) is 38.3 Å². The molecule has 1 aliphatic rings. The number of para-hydroxylation sites is 2. The maximum Gasteiger partial charge on any atom is 0.185 e. The quantitative estimate of drug-likeness (QED) is 0.864. The third-order valence-electron chi connectivity index (χ3n) is 3.46. The van der Waals surface area contributed by atoms with Gasteiger partial charge in [0.05, 0.1) is 18.7 Å². The smallest absolute Gasteiger partial charge is 0.185 e. The zero-order chi connectivity index (χ0) is 13.8. The summed E-state index contributed by atoms with van der Waals surface area (Å²) in [5, 5.41) is 3.14. The predicted molar refractivity (Wildman–Crippen MR) is 79.5 cm³/mol. The van der Waals surface area contributed by atoms with Crippen molar-refractivity contribution >= 4 is 11.5 Å². The SMILES string of the molecule is O=C(CNc1ccccc1)c1cccc2c1OCCC2. The second kappa shape index (κ2) is 5.78. The summed E-state index contributed by atoms with van der Waals surface area (Å²) in [6.07, 6.45) is 2.01. The standard InChI is InChI=1S/C17H17NO2/c19-16(12-18-14-8-2-1-3-9-14)15-10-4-6-13-7-5-11-20-17(13)15/h1-4,6,8-10,18H,5,7,11-12H2. The fourth-order valence-electron chi connectivity index (χ4n) is 2.44. The average molecular weight is 267 g/mol. The van der Waals surface area contributed by atoms with Crippen molar-refractivity contribution in [1.82, 2.24) is 0 Å². The van der Waals surface area contributed by atoms with E-state index in [1.54, 1.807) is 0 Å². The van der Waals surface area contributed by atoms with Crippen molar-refractivity contribution in [3.8, 4) is 5.75 Å². The maximum absolute atomic E-state index is 12.3. The third kappa shape index (κ3) is 2.67. The van der Waals surface area contributed by atoms with Crippen LogP contribution in [0.5, 0.6) is 5.75 Å². The minimum Gasteiger partial charge on any atom is -0.493 e. The number of ketones is 1. The lowest BCUT2D eigenvalue weighted by Crippen LogP contribution is -2.18. The van der Waals surface area contributed by atoms with Crippen LogP contribution in [0.3, 0.4) is 0 Å². The highest BCUT2D eigenvalue weighted by Crippen LogP contribution is 2.29. The van der Waals surface area contributed by atoms with Crippen molar-refractivity contribution in [3.05, 3.63) is 59.7 Å². The van der Waals surface area contributed by atoms with E-state index in [1.165, 1.54) is 0 Å². The number of ether oxygens (including phenoxy) is 1. The first-order valence-corrected chi connectivity index (χ1v) is 6.91. The van der Waals surface area contributed by atoms with Crippen LogP contribution in [-0.4, -0.2) is 18.9 Å². The summed E-state index contributed by atoms with van der Waals surface area (Å²) in [6, 6.07) is 15.6. The van der Waals surface area contributed by atoms with E-state index in [0.717, 1.165) is 29.8 Å². The molecule has 0 radical (unpaired) electrons. The first-order valence-electron chi connectivity index (χ1n) is 6.91. The Morgan fingerprint density at radius 3 is 2.80 bits per heavy atom. The monoisotopic (exact) mass is 267 g/mol. The van der Waals surface area contributed by atoms with E-state index in [1.807, 2.05) is 48.5 Å². The molecule has 0 aliphatic carbocycles. The minimum absolute atomic E-state index is 0.0626. The zero-order valence-electron chi connectivity index (χ0n) is 11.3. The van der Waals surface area contributed by atoms with Crippen LogP contribution in [-0.2, 0) is 6.42 Å². The van der Waals surface area contributed by atoms with E-state index in [4.69, 9.17) is 4.74 Å². The van der Waals surface area contributed by atoms with Crippen molar-refractivity contribution in [2.45, 2.75) is 12.8 Å². The molecule has 1 heterocycles. The number of rotatable bonds is 4. The average Bonchev–Trinajstić information content (AvgIpc) is 2.53. The van der Waals surface area contributed by atoms with Crippen LogP contribution < -0.4 is 10.1 Å². The fraction of sp³-hybridized carbons (Fsp3) is 0.235. The molecule has 0 unspecified atom stereocenters. The van der Waals surface area contributed by atoms with Gasteiger partial charge < -0.3 is 10.1 Å². The van der Waals surface area contributed by atoms with Crippen molar-refractivity contribution in [3.63, 3.8) is 0 Å². The van der Waals surface area contributed by atoms with Gasteiger partial charge in [-0.1, -0.05) is 30.3 Å². The molecule has 3 nitrogen and oxygen atoms in total. The van der Waals surface area contributed by atoms with Gasteiger partial charge in [0.25, 0.3) is 0 Å². The largest absolute Gasteiger partial charge is 0.493 e. The molecule has 0 spiro atoms. The highest BCUT2D eigenvalue weighted by Gasteiger charge is 2.18. The van der Waals surface area contributed by atoms with Gasteiger partial charge in [-0.15, -0.1) is 0 Å². The Bertz CT molecular complexity index is 608. The molecule has 3 rings (SSSR count). The van der Waals surface area contributed by atoms with Crippen molar-refractivity contribution < 1.29 is 9.53 Å². The number of hydrogen-bond donors (Lipinski definition) is 1. The number of carbonyl (C=O) groups excluding carboxylic acids is 1. The minimum atomic E-state index is 0.0626. The van der Waals surface area contributed by atoms with E-state index in [-0.39, 0.29) is 12.3 Å². The molecular formula is C17H17NO2. The number of nitrogens with one attached hydrogen (secondary N) is 1. The van der Waals surface area contributed by atoms with Crippen LogP contribution in [0.15, 0.2) is 48.5 Å². The van der Waals surface area contributed by atoms with Gasteiger partial charge in [0, 0.05) is 5.69 Å². The van der Waals surface area contributed by atoms with E-state index >= 15 is 0 Å². The molecule has 0 saturated carbocycles. The Kier molecular flexibility index (Phi) is 3.68. The van der Waals surface area contributed by atoms with Gasteiger partial charge in [0.15, 0.2) is 5.78 Å². The molecule has 2 aromatic rings. The number of benzene rings is 2. The van der Waals surface area contributed by atoms with Gasteiger partial charge in [-0.25, -0.2) is 0 Å². The number of aryl methyl sites for hydroxylation is 1. The molecular weight excluding hydrogens is 250 g/mol. The lowest BCUT2D eigenvalue weighted by Gasteiger charge is -2.19. The van der Waals surface area contributed by atoms with E-state index in [9.17, 15) is 4.79 Å². The molecule has 20 heavy (non-hydrogen) atoms. The summed E-state index contributed by atoms with van der Waals surface area (Å²) in [7, 11) is 0. The number of Topliss-reactive ketones (excluding diaryl/α,β-unsaturated/α-hetero) is 1. The predicted octanol–water partition coefficient (Wildman–Crippen LogP) is 3.31. The summed E-state index contributed by atoms with van der Waals surface area (Å²) in [6.45, 7) is 0.979. The van der Waals surface area contributed by atoms with Gasteiger partial charge in [0.2, 0.25) is 0 Å². The van der Waals surface area contributed by atoms with Crippen LogP contribution in [0.2, 0.25) is 0 Å². The molecule has 0 atom stereocenters. The lowest BCUT2D eigenvalue weighted by molar-refractivity contribution is 0.100. The molecule has 3 heteroatoms. The van der Waals surface area contributed by atoms with Crippen LogP contribution >= 0.6 is 0 Å². The van der Waals surface area contributed by atoms with E-state index < -0.39 is 0 Å². The van der Waals surface area contributed by atoms with Crippen molar-refractivity contribution in [2.24, 2.45) is 0 Å². The fourth-order valence-corrected chi connectivity index (χ4v) is 2.44. The van der Waals surface area contributed by atoms with Crippen LogP contribution in [0, 0.1) is 0 Å². The van der Waals surface area contributed by atoms with Crippen LogP contribution in [0.1, 0.15) is 22.3 Å². The molecule has 0 bridgehead atoms. The van der Waals surface area contributed by atoms with Crippen LogP contribution in [0.25, 0.3) is 0 Å². The molecule has 0 amide bonds. The van der Waals surface area contributed by atoms with Crippen molar-refractivity contribution in [2.75, 3.05) is 18.5 Å². The summed E-state index contributed by atoms with van der Waals surface area (Å²) < 4.78 is 5.68. The van der Waals surface area contributed by atoms with E-state index in [2.05, 4.69) is 5.32 Å². The van der Waals surface area contributed by atoms with Gasteiger partial charge in [-0.05, 0) is 36.6 Å².